The second-order valence-electron chi connectivity index (χ2n) is 7.07. The summed E-state index contributed by atoms with van der Waals surface area (Å²) in [6, 6.07) is 0. The van der Waals surface area contributed by atoms with Crippen LogP contribution >= 0.6 is 0 Å². The molecule has 138 valence electrons. The van der Waals surface area contributed by atoms with Crippen LogP contribution in [0.4, 0.5) is 0 Å². The fourth-order valence-electron chi connectivity index (χ4n) is 3.21. The lowest BCUT2D eigenvalue weighted by molar-refractivity contribution is -0.130. The van der Waals surface area contributed by atoms with Crippen molar-refractivity contribution in [1.82, 2.24) is 4.90 Å². The van der Waals surface area contributed by atoms with Gasteiger partial charge < -0.3 is 4.90 Å². The van der Waals surface area contributed by atoms with E-state index >= 15 is 0 Å². The molecule has 0 aromatic carbocycles. The summed E-state index contributed by atoms with van der Waals surface area (Å²) in [6.07, 6.45) is 26.1. The molecule has 0 saturated carbocycles. The Bertz CT molecular complexity index is 353. The normalized spacial score (nSPS) is 15.1. The van der Waals surface area contributed by atoms with Gasteiger partial charge in [0.15, 0.2) is 0 Å². The van der Waals surface area contributed by atoms with Gasteiger partial charge >= 0.3 is 0 Å². The van der Waals surface area contributed by atoms with Crippen LogP contribution in [0.1, 0.15) is 96.8 Å². The molecule has 0 bridgehead atoms. The molecule has 1 heterocycles. The van der Waals surface area contributed by atoms with Crippen LogP contribution < -0.4 is 0 Å². The lowest BCUT2D eigenvalue weighted by atomic mass is 10.1. The number of amides is 1. The molecule has 1 amide bonds. The van der Waals surface area contributed by atoms with E-state index in [1.54, 1.807) is 0 Å². The molecule has 0 radical (unpaired) electrons. The lowest BCUT2D eigenvalue weighted by Gasteiger charge is -2.14. The molecule has 2 heteroatoms. The van der Waals surface area contributed by atoms with E-state index in [0.29, 0.717) is 5.91 Å². The highest BCUT2D eigenvalue weighted by molar-refractivity contribution is 5.76. The summed E-state index contributed by atoms with van der Waals surface area (Å²) in [4.78, 5) is 13.9. The molecule has 0 aliphatic carbocycles. The van der Waals surface area contributed by atoms with Crippen LogP contribution in [0.15, 0.2) is 24.3 Å². The van der Waals surface area contributed by atoms with Crippen LogP contribution in [0.5, 0.6) is 0 Å². The van der Waals surface area contributed by atoms with Gasteiger partial charge in [0.05, 0.1) is 0 Å². The number of carbonyl (C=O) groups is 1. The van der Waals surface area contributed by atoms with Gasteiger partial charge in [-0.05, 0) is 51.4 Å². The van der Waals surface area contributed by atoms with Gasteiger partial charge in [-0.25, -0.2) is 0 Å². The van der Waals surface area contributed by atoms with E-state index < -0.39 is 0 Å². The monoisotopic (exact) mass is 333 g/mol. The van der Waals surface area contributed by atoms with Crippen molar-refractivity contribution >= 4 is 5.91 Å². The van der Waals surface area contributed by atoms with Crippen molar-refractivity contribution in [1.29, 1.82) is 0 Å². The number of hydrogen-bond acceptors (Lipinski definition) is 1. The number of rotatable bonds is 14. The molecule has 0 N–H and O–H groups in total. The Morgan fingerprint density at radius 3 is 2.04 bits per heavy atom. The predicted octanol–water partition coefficient (Wildman–Crippen LogP) is 6.42. The lowest BCUT2D eigenvalue weighted by Crippen LogP contribution is -2.27. The van der Waals surface area contributed by atoms with Crippen molar-refractivity contribution in [3.05, 3.63) is 24.3 Å². The van der Waals surface area contributed by atoms with E-state index in [9.17, 15) is 4.79 Å². The predicted molar refractivity (Wildman–Crippen MR) is 105 cm³/mol. The molecule has 1 rings (SSSR count). The van der Waals surface area contributed by atoms with Crippen LogP contribution in [0.3, 0.4) is 0 Å². The zero-order valence-corrected chi connectivity index (χ0v) is 16.0. The molecular weight excluding hydrogens is 294 g/mol. The van der Waals surface area contributed by atoms with E-state index in [1.807, 2.05) is 4.90 Å². The van der Waals surface area contributed by atoms with E-state index in [-0.39, 0.29) is 0 Å². The summed E-state index contributed by atoms with van der Waals surface area (Å²) in [5.41, 5.74) is 0. The van der Waals surface area contributed by atoms with Gasteiger partial charge in [0.1, 0.15) is 0 Å². The molecule has 1 saturated heterocycles. The molecule has 2 nitrogen and oxygen atoms in total. The largest absolute Gasteiger partial charge is 0.343 e. The van der Waals surface area contributed by atoms with Gasteiger partial charge in [0.2, 0.25) is 5.91 Å². The van der Waals surface area contributed by atoms with Gasteiger partial charge in [0, 0.05) is 19.5 Å². The Kier molecular flexibility index (Phi) is 13.5. The number of allylic oxidation sites excluding steroid dienone is 4. The standard InChI is InChI=1S/C22H39NO/c1-2-3-4-5-6-7-8-9-10-11-12-13-14-15-16-19-22(24)23-20-17-18-21-23/h6-7,9-10H,2-5,8,11-21H2,1H3/b7-6-,10-9-. The van der Waals surface area contributed by atoms with Gasteiger partial charge in [-0.3, -0.25) is 4.79 Å². The molecule has 1 aliphatic heterocycles. The van der Waals surface area contributed by atoms with Crippen molar-refractivity contribution in [3.8, 4) is 0 Å². The Balaban J connectivity index is 1.81. The van der Waals surface area contributed by atoms with Crippen molar-refractivity contribution in [2.24, 2.45) is 0 Å². The minimum absolute atomic E-state index is 0.387. The summed E-state index contributed by atoms with van der Waals surface area (Å²) < 4.78 is 0. The maximum absolute atomic E-state index is 11.9. The van der Waals surface area contributed by atoms with Gasteiger partial charge in [-0.2, -0.15) is 0 Å². The quantitative estimate of drug-likeness (QED) is 0.265. The molecular formula is C22H39NO. The van der Waals surface area contributed by atoms with E-state index in [1.165, 1.54) is 70.6 Å². The van der Waals surface area contributed by atoms with Crippen LogP contribution in [-0.4, -0.2) is 23.9 Å². The molecule has 0 unspecified atom stereocenters. The molecule has 0 atom stereocenters. The number of hydrogen-bond donors (Lipinski definition) is 0. The van der Waals surface area contributed by atoms with Crippen molar-refractivity contribution in [2.75, 3.05) is 13.1 Å². The summed E-state index contributed by atoms with van der Waals surface area (Å²) in [7, 11) is 0. The molecule has 0 spiro atoms. The first kappa shape index (κ1) is 21.0. The van der Waals surface area contributed by atoms with Crippen molar-refractivity contribution in [3.63, 3.8) is 0 Å². The van der Waals surface area contributed by atoms with Crippen molar-refractivity contribution in [2.45, 2.75) is 96.8 Å². The Hall–Kier alpha value is -1.05. The first-order valence-corrected chi connectivity index (χ1v) is 10.4. The highest BCUT2D eigenvalue weighted by atomic mass is 16.2. The molecule has 0 aromatic heterocycles. The highest BCUT2D eigenvalue weighted by Gasteiger charge is 2.16. The Labute approximate surface area is 150 Å². The number of carbonyl (C=O) groups excluding carboxylic acids is 1. The highest BCUT2D eigenvalue weighted by Crippen LogP contribution is 2.12. The van der Waals surface area contributed by atoms with Gasteiger partial charge in [-0.15, -0.1) is 0 Å². The smallest absolute Gasteiger partial charge is 0.222 e. The van der Waals surface area contributed by atoms with Crippen LogP contribution in [0, 0.1) is 0 Å². The van der Waals surface area contributed by atoms with Gasteiger partial charge in [0.25, 0.3) is 0 Å². The van der Waals surface area contributed by atoms with E-state index in [2.05, 4.69) is 31.2 Å². The maximum Gasteiger partial charge on any atom is 0.222 e. The summed E-state index contributed by atoms with van der Waals surface area (Å²) in [6.45, 7) is 4.25. The minimum Gasteiger partial charge on any atom is -0.343 e. The summed E-state index contributed by atoms with van der Waals surface area (Å²) in [5.74, 6) is 0.387. The van der Waals surface area contributed by atoms with E-state index in [0.717, 1.165) is 32.4 Å². The molecule has 0 aromatic rings. The third kappa shape index (κ3) is 11.5. The fraction of sp³-hybridized carbons (Fsp3) is 0.773. The molecule has 24 heavy (non-hydrogen) atoms. The average Bonchev–Trinajstić information content (AvgIpc) is 3.13. The van der Waals surface area contributed by atoms with Crippen LogP contribution in [0.25, 0.3) is 0 Å². The maximum atomic E-state index is 11.9. The van der Waals surface area contributed by atoms with Gasteiger partial charge in [-0.1, -0.05) is 63.3 Å². The minimum atomic E-state index is 0.387. The van der Waals surface area contributed by atoms with E-state index in [4.69, 9.17) is 0 Å². The summed E-state index contributed by atoms with van der Waals surface area (Å²) >= 11 is 0. The first-order chi connectivity index (χ1) is 11.8. The SMILES string of the molecule is CCCCC/C=C\C/C=C\CCCCCCCC(=O)N1CCCC1. The zero-order valence-electron chi connectivity index (χ0n) is 16.0. The number of nitrogens with zero attached hydrogens (tertiary/aromatic N) is 1. The topological polar surface area (TPSA) is 20.3 Å². The third-order valence-corrected chi connectivity index (χ3v) is 4.80. The molecule has 1 fully saturated rings. The third-order valence-electron chi connectivity index (χ3n) is 4.80. The van der Waals surface area contributed by atoms with Crippen molar-refractivity contribution < 1.29 is 4.79 Å². The average molecular weight is 334 g/mol. The zero-order chi connectivity index (χ0) is 17.3. The fourth-order valence-corrected chi connectivity index (χ4v) is 3.21. The Morgan fingerprint density at radius 2 is 1.38 bits per heavy atom. The first-order valence-electron chi connectivity index (χ1n) is 10.4. The van der Waals surface area contributed by atoms with Crippen LogP contribution in [0.2, 0.25) is 0 Å². The second kappa shape index (κ2) is 15.5. The number of likely N-dealkylation sites (tertiary alicyclic amines) is 1. The van der Waals surface area contributed by atoms with Crippen LogP contribution in [-0.2, 0) is 4.79 Å². The number of unbranched alkanes of at least 4 members (excludes halogenated alkanes) is 8. The molecule has 1 aliphatic rings. The Morgan fingerprint density at radius 1 is 0.792 bits per heavy atom. The summed E-state index contributed by atoms with van der Waals surface area (Å²) in [5, 5.41) is 0. The second-order valence-corrected chi connectivity index (χ2v) is 7.07.